The van der Waals surface area contributed by atoms with E-state index in [1.165, 1.54) is 12.1 Å². The predicted octanol–water partition coefficient (Wildman–Crippen LogP) is 1.75. The second-order valence-corrected chi connectivity index (χ2v) is 5.34. The molecule has 0 radical (unpaired) electrons. The molecule has 120 valence electrons. The van der Waals surface area contributed by atoms with Crippen LogP contribution >= 0.6 is 0 Å². The first-order valence-electron chi connectivity index (χ1n) is 7.00. The van der Waals surface area contributed by atoms with Gasteiger partial charge in [-0.3, -0.25) is 0 Å². The summed E-state index contributed by atoms with van der Waals surface area (Å²) < 4.78 is 23.2. The Kier molecular flexibility index (Phi) is 5.59. The third-order valence-corrected chi connectivity index (χ3v) is 3.36. The number of rotatable bonds is 8. The van der Waals surface area contributed by atoms with E-state index in [4.69, 9.17) is 14.4 Å². The van der Waals surface area contributed by atoms with Gasteiger partial charge in [0.1, 0.15) is 5.82 Å². The summed E-state index contributed by atoms with van der Waals surface area (Å²) in [5.41, 5.74) is 0.306. The van der Waals surface area contributed by atoms with E-state index >= 15 is 0 Å². The average Bonchev–Trinajstić information content (AvgIpc) is 2.96. The maximum Gasteiger partial charge on any atom is 0.240 e. The van der Waals surface area contributed by atoms with Crippen LogP contribution in [0.1, 0.15) is 19.2 Å². The summed E-state index contributed by atoms with van der Waals surface area (Å²) in [6, 6.07) is 5.89. The number of halogens is 1. The van der Waals surface area contributed by atoms with Crippen molar-refractivity contribution in [3.8, 4) is 11.4 Å². The van der Waals surface area contributed by atoms with Crippen molar-refractivity contribution in [3.05, 3.63) is 36.0 Å². The van der Waals surface area contributed by atoms with Crippen molar-refractivity contribution in [1.29, 1.82) is 0 Å². The van der Waals surface area contributed by atoms with Gasteiger partial charge in [0.25, 0.3) is 0 Å². The van der Waals surface area contributed by atoms with E-state index < -0.39 is 0 Å². The van der Waals surface area contributed by atoms with Crippen LogP contribution in [0.3, 0.4) is 0 Å². The Hall–Kier alpha value is -1.83. The monoisotopic (exact) mass is 309 g/mol. The van der Waals surface area contributed by atoms with Gasteiger partial charge in [0.05, 0.1) is 13.2 Å². The van der Waals surface area contributed by atoms with Gasteiger partial charge in [-0.1, -0.05) is 5.16 Å². The van der Waals surface area contributed by atoms with Crippen molar-refractivity contribution in [1.82, 2.24) is 15.5 Å². The van der Waals surface area contributed by atoms with E-state index in [1.54, 1.807) is 19.2 Å². The van der Waals surface area contributed by atoms with Crippen molar-refractivity contribution in [2.75, 3.05) is 20.3 Å². The molecule has 0 fully saturated rings. The molecular weight excluding hydrogens is 289 g/mol. The highest BCUT2D eigenvalue weighted by molar-refractivity contribution is 5.53. The summed E-state index contributed by atoms with van der Waals surface area (Å²) in [6.07, 6.45) is 0.541. The van der Waals surface area contributed by atoms with Crippen LogP contribution in [-0.2, 0) is 11.3 Å². The fraction of sp³-hybridized carbons (Fsp3) is 0.467. The molecule has 1 aromatic carbocycles. The number of hydrogen-bond donors (Lipinski definition) is 2. The molecule has 22 heavy (non-hydrogen) atoms. The second-order valence-electron chi connectivity index (χ2n) is 5.34. The SMILES string of the molecule is COCC(C)(CCO)NCc1nc(-c2ccc(F)cc2)no1. The Morgan fingerprint density at radius 1 is 1.36 bits per heavy atom. The lowest BCUT2D eigenvalue weighted by Gasteiger charge is -2.28. The molecule has 1 atom stereocenters. The summed E-state index contributed by atoms with van der Waals surface area (Å²) in [7, 11) is 1.61. The maximum absolute atomic E-state index is 12.9. The molecule has 0 aliphatic carbocycles. The van der Waals surface area contributed by atoms with E-state index in [-0.39, 0.29) is 18.0 Å². The Morgan fingerprint density at radius 3 is 2.73 bits per heavy atom. The second kappa shape index (κ2) is 7.44. The number of aromatic nitrogens is 2. The molecule has 1 heterocycles. The lowest BCUT2D eigenvalue weighted by molar-refractivity contribution is 0.0948. The summed E-state index contributed by atoms with van der Waals surface area (Å²) in [5, 5.41) is 16.2. The van der Waals surface area contributed by atoms with Crippen LogP contribution in [0, 0.1) is 5.82 Å². The fourth-order valence-corrected chi connectivity index (χ4v) is 2.11. The van der Waals surface area contributed by atoms with Gasteiger partial charge in [-0.15, -0.1) is 0 Å². The van der Waals surface area contributed by atoms with Gasteiger partial charge in [-0.25, -0.2) is 4.39 Å². The van der Waals surface area contributed by atoms with Gasteiger partial charge in [-0.05, 0) is 37.6 Å². The van der Waals surface area contributed by atoms with E-state index in [9.17, 15) is 4.39 Å². The summed E-state index contributed by atoms with van der Waals surface area (Å²) in [5.74, 6) is 0.514. The van der Waals surface area contributed by atoms with E-state index in [0.717, 1.165) is 0 Å². The quantitative estimate of drug-likeness (QED) is 0.773. The van der Waals surface area contributed by atoms with Crippen LogP contribution in [-0.4, -0.2) is 41.1 Å². The zero-order chi connectivity index (χ0) is 16.0. The van der Waals surface area contributed by atoms with E-state index in [0.29, 0.717) is 36.9 Å². The highest BCUT2D eigenvalue weighted by atomic mass is 19.1. The first kappa shape index (κ1) is 16.5. The Morgan fingerprint density at radius 2 is 2.09 bits per heavy atom. The molecule has 1 aromatic heterocycles. The minimum Gasteiger partial charge on any atom is -0.396 e. The fourth-order valence-electron chi connectivity index (χ4n) is 2.11. The average molecular weight is 309 g/mol. The molecule has 0 bridgehead atoms. The lowest BCUT2D eigenvalue weighted by atomic mass is 9.99. The molecule has 6 nitrogen and oxygen atoms in total. The minimum absolute atomic E-state index is 0.0531. The molecule has 1 unspecified atom stereocenters. The molecule has 0 amide bonds. The number of nitrogens with zero attached hydrogens (tertiary/aromatic N) is 2. The number of nitrogens with one attached hydrogen (secondary N) is 1. The Labute approximate surface area is 128 Å². The molecule has 7 heteroatoms. The minimum atomic E-state index is -0.381. The van der Waals surface area contributed by atoms with Gasteiger partial charge >= 0.3 is 0 Å². The molecule has 2 N–H and O–H groups in total. The summed E-state index contributed by atoms with van der Waals surface area (Å²) in [4.78, 5) is 4.27. The van der Waals surface area contributed by atoms with Crippen molar-refractivity contribution < 1.29 is 18.8 Å². The number of aliphatic hydroxyl groups excluding tert-OH is 1. The predicted molar refractivity (Wildman–Crippen MR) is 78.5 cm³/mol. The normalized spacial score (nSPS) is 14.0. The zero-order valence-corrected chi connectivity index (χ0v) is 12.7. The zero-order valence-electron chi connectivity index (χ0n) is 12.7. The highest BCUT2D eigenvalue weighted by Crippen LogP contribution is 2.17. The molecule has 0 saturated heterocycles. The van der Waals surface area contributed by atoms with E-state index in [2.05, 4.69) is 15.5 Å². The molecular formula is C15H20FN3O3. The maximum atomic E-state index is 12.9. The van der Waals surface area contributed by atoms with Crippen LogP contribution in [0.25, 0.3) is 11.4 Å². The van der Waals surface area contributed by atoms with Crippen LogP contribution < -0.4 is 5.32 Å². The first-order valence-corrected chi connectivity index (χ1v) is 7.00. The number of ether oxygens (including phenoxy) is 1. The number of benzene rings is 1. The standard InChI is InChI=1S/C15H20FN3O3/c1-15(7-8-20,10-21-2)17-9-13-18-14(19-22-13)11-3-5-12(16)6-4-11/h3-6,17,20H,7-10H2,1-2H3. The van der Waals surface area contributed by atoms with Crippen LogP contribution in [0.5, 0.6) is 0 Å². The summed E-state index contributed by atoms with van der Waals surface area (Å²) >= 11 is 0. The third-order valence-electron chi connectivity index (χ3n) is 3.36. The largest absolute Gasteiger partial charge is 0.396 e. The van der Waals surface area contributed by atoms with Crippen LogP contribution in [0.2, 0.25) is 0 Å². The first-order chi connectivity index (χ1) is 10.6. The summed E-state index contributed by atoms with van der Waals surface area (Å²) in [6.45, 7) is 2.81. The lowest BCUT2D eigenvalue weighted by Crippen LogP contribution is -2.46. The number of methoxy groups -OCH3 is 1. The third kappa shape index (κ3) is 4.33. The molecule has 2 aromatic rings. The molecule has 2 rings (SSSR count). The number of hydrogen-bond acceptors (Lipinski definition) is 6. The van der Waals surface area contributed by atoms with E-state index in [1.807, 2.05) is 6.92 Å². The van der Waals surface area contributed by atoms with Gasteiger partial charge < -0.3 is 19.7 Å². The van der Waals surface area contributed by atoms with Crippen molar-refractivity contribution >= 4 is 0 Å². The Bertz CT molecular complexity index is 580. The number of aliphatic hydroxyl groups is 1. The van der Waals surface area contributed by atoms with Crippen LogP contribution in [0.4, 0.5) is 4.39 Å². The molecule has 0 aliphatic heterocycles. The highest BCUT2D eigenvalue weighted by Gasteiger charge is 2.24. The molecule has 0 spiro atoms. The van der Waals surface area contributed by atoms with Crippen molar-refractivity contribution in [2.45, 2.75) is 25.4 Å². The van der Waals surface area contributed by atoms with Gasteiger partial charge in [0, 0.05) is 24.8 Å². The van der Waals surface area contributed by atoms with Gasteiger partial charge in [-0.2, -0.15) is 4.98 Å². The van der Waals surface area contributed by atoms with Crippen molar-refractivity contribution in [2.24, 2.45) is 0 Å². The molecule has 0 saturated carbocycles. The Balaban J connectivity index is 2.01. The van der Waals surface area contributed by atoms with Gasteiger partial charge in [0.2, 0.25) is 11.7 Å². The molecule has 0 aliphatic rings. The smallest absolute Gasteiger partial charge is 0.240 e. The van der Waals surface area contributed by atoms with Crippen molar-refractivity contribution in [3.63, 3.8) is 0 Å². The van der Waals surface area contributed by atoms with Crippen LogP contribution in [0.15, 0.2) is 28.8 Å². The van der Waals surface area contributed by atoms with Gasteiger partial charge in [0.15, 0.2) is 0 Å². The topological polar surface area (TPSA) is 80.4 Å².